The van der Waals surface area contributed by atoms with Crippen LogP contribution in [0.15, 0.2) is 42.5 Å². The summed E-state index contributed by atoms with van der Waals surface area (Å²) in [6.07, 6.45) is -0.620. The number of nitrogens with zero attached hydrogens (tertiary/aromatic N) is 1. The molecule has 2 aromatic carbocycles. The van der Waals surface area contributed by atoms with Crippen molar-refractivity contribution in [1.29, 1.82) is 0 Å². The topological polar surface area (TPSA) is 120 Å². The van der Waals surface area contributed by atoms with Gasteiger partial charge < -0.3 is 20.4 Å². The Morgan fingerprint density at radius 3 is 2.20 bits per heavy atom. The third-order valence-electron chi connectivity index (χ3n) is 3.85. The van der Waals surface area contributed by atoms with Crippen LogP contribution in [0.5, 0.6) is 17.2 Å². The molecule has 25 heavy (non-hydrogen) atoms. The van der Waals surface area contributed by atoms with E-state index >= 15 is 0 Å². The largest absolute Gasteiger partial charge is 0.508 e. The highest BCUT2D eigenvalue weighted by atomic mass is 17.1. The fraction of sp³-hybridized carbons (Fsp3) is 0.235. The molecule has 0 radical (unpaired) electrons. The third-order valence-corrected chi connectivity index (χ3v) is 3.85. The van der Waals surface area contributed by atoms with Crippen molar-refractivity contribution in [3.05, 3.63) is 53.6 Å². The van der Waals surface area contributed by atoms with Gasteiger partial charge in [-0.25, -0.2) is 9.68 Å². The van der Waals surface area contributed by atoms with Crippen LogP contribution in [0.2, 0.25) is 0 Å². The zero-order chi connectivity index (χ0) is 18.0. The van der Waals surface area contributed by atoms with E-state index in [1.54, 1.807) is 12.1 Å². The monoisotopic (exact) mass is 347 g/mol. The molecule has 132 valence electrons. The van der Waals surface area contributed by atoms with Crippen LogP contribution in [0.25, 0.3) is 0 Å². The highest BCUT2D eigenvalue weighted by molar-refractivity contribution is 5.73. The first kappa shape index (κ1) is 17.0. The van der Waals surface area contributed by atoms with E-state index in [1.165, 1.54) is 30.3 Å². The molecule has 2 aromatic rings. The Kier molecular flexibility index (Phi) is 4.75. The standard InChI is InChI=1S/C17H17NO7/c19-11-6-4-10(5-7-11)8-13(17(22)23)18-24-16(25-18)9-12-14(20)2-1-3-15(12)21/h1-7,13,16,19-21H,8-9H2,(H,22,23)/t13-/m0/s1. The molecule has 1 fully saturated rings. The molecule has 1 saturated heterocycles. The summed E-state index contributed by atoms with van der Waals surface area (Å²) in [4.78, 5) is 22.1. The molecular formula is C17H17NO7. The molecule has 1 aliphatic heterocycles. The third kappa shape index (κ3) is 3.82. The van der Waals surface area contributed by atoms with Gasteiger partial charge in [0.15, 0.2) is 6.04 Å². The van der Waals surface area contributed by atoms with Crippen molar-refractivity contribution in [3.63, 3.8) is 0 Å². The molecule has 1 heterocycles. The minimum Gasteiger partial charge on any atom is -0.508 e. The van der Waals surface area contributed by atoms with E-state index in [4.69, 9.17) is 9.68 Å². The maximum atomic E-state index is 11.4. The Balaban J connectivity index is 1.61. The van der Waals surface area contributed by atoms with Gasteiger partial charge in [-0.15, -0.1) is 0 Å². The Morgan fingerprint density at radius 1 is 1.04 bits per heavy atom. The van der Waals surface area contributed by atoms with E-state index in [0.29, 0.717) is 5.56 Å². The fourth-order valence-electron chi connectivity index (χ4n) is 2.51. The van der Waals surface area contributed by atoms with E-state index in [0.717, 1.165) is 5.23 Å². The first-order valence-corrected chi connectivity index (χ1v) is 7.57. The first-order chi connectivity index (χ1) is 11.9. The number of aromatic hydroxyl groups is 3. The molecule has 0 spiro atoms. The lowest BCUT2D eigenvalue weighted by Crippen LogP contribution is -2.55. The SMILES string of the molecule is O=C(O)[C@H](Cc1ccc(O)cc1)N1OC(Cc2c(O)cccc2O)O1. The van der Waals surface area contributed by atoms with E-state index in [1.807, 2.05) is 0 Å². The molecular weight excluding hydrogens is 330 g/mol. The maximum absolute atomic E-state index is 11.4. The van der Waals surface area contributed by atoms with Gasteiger partial charge >= 0.3 is 5.97 Å². The van der Waals surface area contributed by atoms with Crippen molar-refractivity contribution >= 4 is 5.97 Å². The molecule has 0 aromatic heterocycles. The van der Waals surface area contributed by atoms with Crippen molar-refractivity contribution in [2.24, 2.45) is 0 Å². The number of carboxylic acid groups (broad SMARTS) is 1. The van der Waals surface area contributed by atoms with Crippen molar-refractivity contribution in [2.75, 3.05) is 0 Å². The first-order valence-electron chi connectivity index (χ1n) is 7.57. The molecule has 1 aliphatic rings. The number of phenolic OH excluding ortho intramolecular Hbond substituents is 3. The Morgan fingerprint density at radius 2 is 1.64 bits per heavy atom. The van der Waals surface area contributed by atoms with Crippen LogP contribution in [0.1, 0.15) is 11.1 Å². The highest BCUT2D eigenvalue weighted by Crippen LogP contribution is 2.32. The van der Waals surface area contributed by atoms with Crippen LogP contribution in [0.3, 0.4) is 0 Å². The average Bonchev–Trinajstić information content (AvgIpc) is 2.53. The summed E-state index contributed by atoms with van der Waals surface area (Å²) in [7, 11) is 0. The lowest BCUT2D eigenvalue weighted by molar-refractivity contribution is -0.572. The number of carbonyl (C=O) groups is 1. The van der Waals surface area contributed by atoms with Crippen molar-refractivity contribution in [1.82, 2.24) is 5.23 Å². The van der Waals surface area contributed by atoms with E-state index < -0.39 is 18.3 Å². The van der Waals surface area contributed by atoms with Gasteiger partial charge in [0.25, 0.3) is 0 Å². The van der Waals surface area contributed by atoms with Gasteiger partial charge in [-0.05, 0) is 35.1 Å². The zero-order valence-electron chi connectivity index (χ0n) is 13.1. The van der Waals surface area contributed by atoms with Gasteiger partial charge in [0.1, 0.15) is 17.2 Å². The van der Waals surface area contributed by atoms with Crippen LogP contribution in [0, 0.1) is 0 Å². The number of aliphatic carboxylic acids is 1. The molecule has 8 heteroatoms. The van der Waals surface area contributed by atoms with Gasteiger partial charge in [0.2, 0.25) is 6.29 Å². The van der Waals surface area contributed by atoms with Gasteiger partial charge in [0, 0.05) is 18.4 Å². The van der Waals surface area contributed by atoms with Crippen LogP contribution < -0.4 is 0 Å². The molecule has 0 amide bonds. The van der Waals surface area contributed by atoms with Crippen LogP contribution in [-0.2, 0) is 27.3 Å². The summed E-state index contributed by atoms with van der Waals surface area (Å²) in [6, 6.07) is 9.45. The number of rotatable bonds is 6. The Hall–Kier alpha value is -2.81. The molecule has 1 atom stereocenters. The second-order valence-electron chi connectivity index (χ2n) is 5.63. The Labute approximate surface area is 143 Å². The smallest absolute Gasteiger partial charge is 0.326 e. The van der Waals surface area contributed by atoms with E-state index in [-0.39, 0.29) is 35.7 Å². The summed E-state index contributed by atoms with van der Waals surface area (Å²) in [5.74, 6) is -1.22. The van der Waals surface area contributed by atoms with E-state index in [2.05, 4.69) is 0 Å². The summed E-state index contributed by atoms with van der Waals surface area (Å²) in [6.45, 7) is 0. The van der Waals surface area contributed by atoms with E-state index in [9.17, 15) is 25.2 Å². The second-order valence-corrected chi connectivity index (χ2v) is 5.63. The number of benzene rings is 2. The molecule has 8 nitrogen and oxygen atoms in total. The average molecular weight is 347 g/mol. The molecule has 0 bridgehead atoms. The maximum Gasteiger partial charge on any atom is 0.326 e. The van der Waals surface area contributed by atoms with Crippen molar-refractivity contribution < 1.29 is 34.9 Å². The predicted molar refractivity (Wildman–Crippen MR) is 84.5 cm³/mol. The van der Waals surface area contributed by atoms with Crippen LogP contribution in [-0.4, -0.2) is 44.0 Å². The minimum absolute atomic E-state index is 0.0700. The summed E-state index contributed by atoms with van der Waals surface area (Å²) in [5.41, 5.74) is 0.955. The highest BCUT2D eigenvalue weighted by Gasteiger charge is 2.40. The lowest BCUT2D eigenvalue weighted by Gasteiger charge is -2.40. The second kappa shape index (κ2) is 6.98. The normalized spacial score (nSPS) is 16.3. The number of hydrogen-bond acceptors (Lipinski definition) is 7. The quantitative estimate of drug-likeness (QED) is 0.621. The molecule has 0 saturated carbocycles. The fourth-order valence-corrected chi connectivity index (χ4v) is 2.51. The Bertz CT molecular complexity index is 736. The van der Waals surface area contributed by atoms with Gasteiger partial charge in [-0.3, -0.25) is 4.79 Å². The number of phenols is 3. The predicted octanol–water partition coefficient (Wildman–Crippen LogP) is 1.55. The van der Waals surface area contributed by atoms with Crippen LogP contribution in [0.4, 0.5) is 0 Å². The van der Waals surface area contributed by atoms with Crippen LogP contribution >= 0.6 is 0 Å². The zero-order valence-corrected chi connectivity index (χ0v) is 13.1. The number of carboxylic acids is 1. The van der Waals surface area contributed by atoms with Gasteiger partial charge in [-0.2, -0.15) is 0 Å². The van der Waals surface area contributed by atoms with Gasteiger partial charge in [0.05, 0.1) is 0 Å². The molecule has 0 aliphatic carbocycles. The summed E-state index contributed by atoms with van der Waals surface area (Å²) in [5, 5.41) is 39.0. The van der Waals surface area contributed by atoms with Crippen molar-refractivity contribution in [2.45, 2.75) is 25.2 Å². The number of hydroxylamine groups is 2. The summed E-state index contributed by atoms with van der Waals surface area (Å²) >= 11 is 0. The molecule has 4 N–H and O–H groups in total. The number of hydrogen-bond donors (Lipinski definition) is 4. The van der Waals surface area contributed by atoms with Gasteiger partial charge in [-0.1, -0.05) is 18.2 Å². The lowest BCUT2D eigenvalue weighted by atomic mass is 10.1. The minimum atomic E-state index is -1.13. The molecule has 3 rings (SSSR count). The van der Waals surface area contributed by atoms with Crippen molar-refractivity contribution in [3.8, 4) is 17.2 Å². The summed E-state index contributed by atoms with van der Waals surface area (Å²) < 4.78 is 0. The molecule has 0 unspecified atom stereocenters.